The molecule has 5 nitrogen and oxygen atoms in total. The van der Waals surface area contributed by atoms with Crippen LogP contribution in [0.4, 0.5) is 0 Å². The Kier molecular flexibility index (Phi) is 7.95. The van der Waals surface area contributed by atoms with Gasteiger partial charge in [0, 0.05) is 26.7 Å². The quantitative estimate of drug-likeness (QED) is 0.284. The van der Waals surface area contributed by atoms with Crippen molar-refractivity contribution in [2.45, 2.75) is 123 Å². The average Bonchev–Trinajstić information content (AvgIpc) is 3.45. The van der Waals surface area contributed by atoms with Crippen molar-refractivity contribution in [1.29, 1.82) is 0 Å². The maximum atomic E-state index is 11.7. The van der Waals surface area contributed by atoms with Crippen LogP contribution >= 0.6 is 0 Å². The lowest BCUT2D eigenvalue weighted by molar-refractivity contribution is -0.152. The monoisotopic (exact) mass is 510 g/mol. The molecule has 3 fully saturated rings. The molecule has 0 radical (unpaired) electrons. The summed E-state index contributed by atoms with van der Waals surface area (Å²) in [5.74, 6) is -0.150. The lowest BCUT2D eigenvalue weighted by Gasteiger charge is -2.43. The van der Waals surface area contributed by atoms with Crippen LogP contribution in [0.5, 0.6) is 0 Å². The summed E-state index contributed by atoms with van der Waals surface area (Å²) in [6, 6.07) is 0. The van der Waals surface area contributed by atoms with Gasteiger partial charge in [-0.05, 0) is 99.5 Å². The van der Waals surface area contributed by atoms with E-state index in [0.717, 1.165) is 36.8 Å². The Hall–Kier alpha value is -2.14. The number of hydrogen-bond acceptors (Lipinski definition) is 5. The molecule has 1 N–H and O–H groups in total. The van der Waals surface area contributed by atoms with Crippen molar-refractivity contribution in [1.82, 2.24) is 0 Å². The minimum absolute atomic E-state index is 0.206. The third-order valence-corrected chi connectivity index (χ3v) is 9.29. The number of carbonyl (C=O) groups is 2. The molecule has 3 saturated carbocycles. The molecule has 0 saturated heterocycles. The molecule has 0 aromatic rings. The first kappa shape index (κ1) is 27.9. The molecule has 0 amide bonds. The lowest BCUT2D eigenvalue weighted by Crippen LogP contribution is -2.34. The van der Waals surface area contributed by atoms with Gasteiger partial charge in [-0.1, -0.05) is 42.9 Å². The van der Waals surface area contributed by atoms with Crippen LogP contribution in [0.15, 0.2) is 47.1 Å². The standard InChI is InChI=1S/C32H46O5/c1-21-25(19-26(36-22(2)33)20-28(21)37-23(3)34)11-10-24-9-7-15-31(6)27(24)12-13-29(31)32(17-18-32)16-8-14-30(4,5)35/h10-11,13,26-28,35H,1,7-9,12,14-20H2,2-6H3/t26?,27?,28-,31-/m0/s1. The van der Waals surface area contributed by atoms with E-state index in [-0.39, 0.29) is 23.5 Å². The van der Waals surface area contributed by atoms with Gasteiger partial charge in [0.1, 0.15) is 12.2 Å². The zero-order chi connectivity index (χ0) is 27.0. The minimum atomic E-state index is -0.590. The SMILES string of the molecule is C=C1C(=CC=C2CCC[C@]3(C)C(C4(CCCC(C)(C)O)CC4)=CCC23)CC(OC(C)=O)C[C@@H]1OC(C)=O. The van der Waals surface area contributed by atoms with Gasteiger partial charge in [-0.15, -0.1) is 0 Å². The number of allylic oxidation sites excluding steroid dienone is 5. The zero-order valence-electron chi connectivity index (χ0n) is 23.5. The van der Waals surface area contributed by atoms with Gasteiger partial charge < -0.3 is 14.6 Å². The van der Waals surface area contributed by atoms with Gasteiger partial charge in [-0.2, -0.15) is 0 Å². The normalized spacial score (nSPS) is 33.2. The van der Waals surface area contributed by atoms with Gasteiger partial charge in [0.15, 0.2) is 0 Å². The highest BCUT2D eigenvalue weighted by atomic mass is 16.6. The molecule has 4 atom stereocenters. The number of esters is 2. The predicted molar refractivity (Wildman–Crippen MR) is 146 cm³/mol. The third kappa shape index (κ3) is 6.30. The van der Waals surface area contributed by atoms with Crippen molar-refractivity contribution >= 4 is 11.9 Å². The molecule has 0 heterocycles. The Labute approximate surface area is 223 Å². The van der Waals surface area contributed by atoms with Gasteiger partial charge in [-0.25, -0.2) is 0 Å². The molecule has 4 aliphatic carbocycles. The molecule has 0 aliphatic heterocycles. The molecule has 4 aliphatic rings. The van der Waals surface area contributed by atoms with Crippen LogP contribution in [0, 0.1) is 16.7 Å². The first-order valence-electron chi connectivity index (χ1n) is 14.2. The van der Waals surface area contributed by atoms with Crippen LogP contribution < -0.4 is 0 Å². The molecule has 0 aromatic carbocycles. The van der Waals surface area contributed by atoms with Crippen molar-refractivity contribution in [2.24, 2.45) is 16.7 Å². The number of aliphatic hydroxyl groups is 1. The third-order valence-electron chi connectivity index (χ3n) is 9.29. The Morgan fingerprint density at radius 1 is 1.16 bits per heavy atom. The number of ether oxygens (including phenoxy) is 2. The summed E-state index contributed by atoms with van der Waals surface area (Å²) in [5.41, 5.74) is 4.95. The van der Waals surface area contributed by atoms with E-state index in [9.17, 15) is 14.7 Å². The predicted octanol–water partition coefficient (Wildman–Crippen LogP) is 6.91. The smallest absolute Gasteiger partial charge is 0.303 e. The molecule has 4 rings (SSSR count). The molecule has 0 bridgehead atoms. The molecular weight excluding hydrogens is 464 g/mol. The highest BCUT2D eigenvalue weighted by Crippen LogP contribution is 2.67. The van der Waals surface area contributed by atoms with E-state index in [2.05, 4.69) is 31.7 Å². The van der Waals surface area contributed by atoms with E-state index in [1.165, 1.54) is 51.5 Å². The summed E-state index contributed by atoms with van der Waals surface area (Å²) < 4.78 is 11.0. The average molecular weight is 511 g/mol. The summed E-state index contributed by atoms with van der Waals surface area (Å²) >= 11 is 0. The second-order valence-corrected chi connectivity index (χ2v) is 12.9. The van der Waals surface area contributed by atoms with E-state index in [4.69, 9.17) is 9.47 Å². The summed E-state index contributed by atoms with van der Waals surface area (Å²) in [4.78, 5) is 23.3. The minimum Gasteiger partial charge on any atom is -0.462 e. The van der Waals surface area contributed by atoms with E-state index < -0.39 is 11.7 Å². The number of rotatable bonds is 8. The molecule has 0 aromatic heterocycles. The molecule has 204 valence electrons. The second kappa shape index (κ2) is 10.6. The van der Waals surface area contributed by atoms with Crippen LogP contribution in [-0.4, -0.2) is 34.9 Å². The van der Waals surface area contributed by atoms with Crippen LogP contribution in [0.25, 0.3) is 0 Å². The Morgan fingerprint density at radius 2 is 1.86 bits per heavy atom. The van der Waals surface area contributed by atoms with E-state index in [1.54, 1.807) is 5.57 Å². The fourth-order valence-electron chi connectivity index (χ4n) is 7.38. The summed E-state index contributed by atoms with van der Waals surface area (Å²) in [7, 11) is 0. The zero-order valence-corrected chi connectivity index (χ0v) is 23.5. The van der Waals surface area contributed by atoms with Gasteiger partial charge in [0.2, 0.25) is 0 Å². The fourth-order valence-corrected chi connectivity index (χ4v) is 7.38. The summed E-state index contributed by atoms with van der Waals surface area (Å²) in [5, 5.41) is 10.2. The van der Waals surface area contributed by atoms with Crippen molar-refractivity contribution in [2.75, 3.05) is 0 Å². The van der Waals surface area contributed by atoms with E-state index in [0.29, 0.717) is 24.2 Å². The van der Waals surface area contributed by atoms with Gasteiger partial charge >= 0.3 is 11.9 Å². The number of carbonyl (C=O) groups excluding carboxylic acids is 2. The molecule has 0 spiro atoms. The molecule has 5 heteroatoms. The first-order valence-corrected chi connectivity index (χ1v) is 14.2. The fraction of sp³-hybridized carbons (Fsp3) is 0.688. The highest BCUT2D eigenvalue weighted by Gasteiger charge is 2.56. The molecule has 2 unspecified atom stereocenters. The van der Waals surface area contributed by atoms with Crippen molar-refractivity contribution in [3.05, 3.63) is 47.1 Å². The maximum Gasteiger partial charge on any atom is 0.303 e. The second-order valence-electron chi connectivity index (χ2n) is 12.9. The Bertz CT molecular complexity index is 1020. The van der Waals surface area contributed by atoms with Crippen LogP contribution in [0.2, 0.25) is 0 Å². The van der Waals surface area contributed by atoms with Crippen molar-refractivity contribution < 1.29 is 24.2 Å². The topological polar surface area (TPSA) is 72.8 Å². The highest BCUT2D eigenvalue weighted by molar-refractivity contribution is 5.67. The molecule has 37 heavy (non-hydrogen) atoms. The van der Waals surface area contributed by atoms with Gasteiger partial charge in [0.05, 0.1) is 5.60 Å². The van der Waals surface area contributed by atoms with Gasteiger partial charge in [-0.3, -0.25) is 9.59 Å². The number of hydrogen-bond donors (Lipinski definition) is 1. The number of fused-ring (bicyclic) bond motifs is 1. The van der Waals surface area contributed by atoms with Crippen molar-refractivity contribution in [3.63, 3.8) is 0 Å². The van der Waals surface area contributed by atoms with Crippen LogP contribution in [0.1, 0.15) is 105 Å². The largest absolute Gasteiger partial charge is 0.462 e. The van der Waals surface area contributed by atoms with Gasteiger partial charge in [0.25, 0.3) is 0 Å². The van der Waals surface area contributed by atoms with Crippen LogP contribution in [-0.2, 0) is 19.1 Å². The maximum absolute atomic E-state index is 11.7. The summed E-state index contributed by atoms with van der Waals surface area (Å²) in [6.45, 7) is 13.4. The Morgan fingerprint density at radius 3 is 2.49 bits per heavy atom. The van der Waals surface area contributed by atoms with E-state index in [1.807, 2.05) is 13.8 Å². The molecular formula is C32H46O5. The lowest BCUT2D eigenvalue weighted by atomic mass is 9.61. The first-order chi connectivity index (χ1) is 17.3. The van der Waals surface area contributed by atoms with E-state index >= 15 is 0 Å². The van der Waals surface area contributed by atoms with Crippen LogP contribution in [0.3, 0.4) is 0 Å². The van der Waals surface area contributed by atoms with Crippen molar-refractivity contribution in [3.8, 4) is 0 Å². The summed E-state index contributed by atoms with van der Waals surface area (Å²) in [6.07, 6.45) is 17.6. The Balaban J connectivity index is 1.51.